The summed E-state index contributed by atoms with van der Waals surface area (Å²) < 4.78 is 10.1. The largest absolute Gasteiger partial charge is 0.465 e. The van der Waals surface area contributed by atoms with Gasteiger partial charge in [0.25, 0.3) is 0 Å². The number of amides is 2. The summed E-state index contributed by atoms with van der Waals surface area (Å²) in [6.45, 7) is 6.65. The molecular weight excluding hydrogens is 260 g/mol. The summed E-state index contributed by atoms with van der Waals surface area (Å²) in [6.07, 6.45) is 0. The van der Waals surface area contributed by atoms with E-state index < -0.39 is 5.97 Å². The van der Waals surface area contributed by atoms with Crippen LogP contribution in [-0.2, 0) is 11.3 Å². The van der Waals surface area contributed by atoms with Crippen LogP contribution in [-0.4, -0.2) is 37.6 Å². The van der Waals surface area contributed by atoms with Gasteiger partial charge in [0.1, 0.15) is 17.1 Å². The van der Waals surface area contributed by atoms with Crippen LogP contribution in [0.25, 0.3) is 0 Å². The Kier molecular flexibility index (Phi) is 5.61. The third kappa shape index (κ3) is 4.29. The van der Waals surface area contributed by atoms with Crippen LogP contribution in [0.1, 0.15) is 35.7 Å². The number of esters is 1. The molecule has 0 saturated carbocycles. The van der Waals surface area contributed by atoms with Crippen LogP contribution in [0.2, 0.25) is 0 Å². The molecule has 0 saturated heterocycles. The van der Waals surface area contributed by atoms with E-state index in [0.717, 1.165) is 0 Å². The summed E-state index contributed by atoms with van der Waals surface area (Å²) in [5.41, 5.74) is 0.387. The van der Waals surface area contributed by atoms with Crippen molar-refractivity contribution in [1.82, 2.24) is 10.2 Å². The van der Waals surface area contributed by atoms with E-state index in [1.165, 1.54) is 12.0 Å². The predicted molar refractivity (Wildman–Crippen MR) is 74.5 cm³/mol. The molecule has 0 radical (unpaired) electrons. The maximum Gasteiger partial charge on any atom is 0.341 e. The second kappa shape index (κ2) is 6.98. The summed E-state index contributed by atoms with van der Waals surface area (Å²) in [7, 11) is 2.99. The fourth-order valence-corrected chi connectivity index (χ4v) is 1.67. The highest BCUT2D eigenvalue weighted by Crippen LogP contribution is 2.16. The van der Waals surface area contributed by atoms with E-state index in [1.54, 1.807) is 20.0 Å². The lowest BCUT2D eigenvalue weighted by Gasteiger charge is -2.17. The van der Waals surface area contributed by atoms with Gasteiger partial charge < -0.3 is 19.4 Å². The summed E-state index contributed by atoms with van der Waals surface area (Å²) in [4.78, 5) is 24.8. The molecule has 0 aromatic carbocycles. The van der Waals surface area contributed by atoms with Crippen molar-refractivity contribution in [1.29, 1.82) is 0 Å². The minimum Gasteiger partial charge on any atom is -0.465 e. The Labute approximate surface area is 119 Å². The van der Waals surface area contributed by atoms with E-state index in [0.29, 0.717) is 36.1 Å². The first-order chi connectivity index (χ1) is 9.35. The zero-order valence-corrected chi connectivity index (χ0v) is 12.6. The Morgan fingerprint density at radius 3 is 2.65 bits per heavy atom. The number of hydrogen-bond acceptors (Lipinski definition) is 4. The van der Waals surface area contributed by atoms with Gasteiger partial charge in [-0.3, -0.25) is 0 Å². The quantitative estimate of drug-likeness (QED) is 0.840. The van der Waals surface area contributed by atoms with Crippen molar-refractivity contribution in [3.05, 3.63) is 23.2 Å². The van der Waals surface area contributed by atoms with Crippen LogP contribution in [0.15, 0.2) is 10.5 Å². The lowest BCUT2D eigenvalue weighted by Crippen LogP contribution is -2.38. The SMILES string of the molecule is COC(=O)c1cc(CN(C)C(=O)NCC(C)C)oc1C. The van der Waals surface area contributed by atoms with Gasteiger partial charge in [0.2, 0.25) is 0 Å². The third-order valence-electron chi connectivity index (χ3n) is 2.78. The summed E-state index contributed by atoms with van der Waals surface area (Å²) in [5, 5.41) is 2.81. The molecule has 0 aliphatic heterocycles. The maximum atomic E-state index is 11.8. The molecule has 6 nitrogen and oxygen atoms in total. The van der Waals surface area contributed by atoms with Crippen molar-refractivity contribution in [3.8, 4) is 0 Å². The van der Waals surface area contributed by atoms with Gasteiger partial charge in [0.05, 0.1) is 13.7 Å². The molecule has 0 spiro atoms. The number of nitrogens with one attached hydrogen (secondary N) is 1. The molecule has 1 rings (SSSR count). The first-order valence-corrected chi connectivity index (χ1v) is 6.51. The van der Waals surface area contributed by atoms with E-state index >= 15 is 0 Å². The number of methoxy groups -OCH3 is 1. The molecule has 20 heavy (non-hydrogen) atoms. The van der Waals surface area contributed by atoms with Gasteiger partial charge in [-0.05, 0) is 18.9 Å². The van der Waals surface area contributed by atoms with Crippen molar-refractivity contribution in [2.24, 2.45) is 5.92 Å². The van der Waals surface area contributed by atoms with Gasteiger partial charge in [0.15, 0.2) is 0 Å². The number of carbonyl (C=O) groups excluding carboxylic acids is 2. The minimum atomic E-state index is -0.440. The molecule has 0 fully saturated rings. The van der Waals surface area contributed by atoms with E-state index in [4.69, 9.17) is 4.42 Å². The topological polar surface area (TPSA) is 71.8 Å². The van der Waals surface area contributed by atoms with Crippen LogP contribution in [0.5, 0.6) is 0 Å². The predicted octanol–water partition coefficient (Wildman–Crippen LogP) is 2.17. The Morgan fingerprint density at radius 2 is 2.10 bits per heavy atom. The van der Waals surface area contributed by atoms with Crippen LogP contribution >= 0.6 is 0 Å². The zero-order valence-electron chi connectivity index (χ0n) is 12.6. The monoisotopic (exact) mass is 282 g/mol. The van der Waals surface area contributed by atoms with Crippen molar-refractivity contribution < 1.29 is 18.7 Å². The second-order valence-corrected chi connectivity index (χ2v) is 5.11. The van der Waals surface area contributed by atoms with E-state index in [-0.39, 0.29) is 6.03 Å². The third-order valence-corrected chi connectivity index (χ3v) is 2.78. The minimum absolute atomic E-state index is 0.174. The zero-order chi connectivity index (χ0) is 15.3. The van der Waals surface area contributed by atoms with Gasteiger partial charge >= 0.3 is 12.0 Å². The lowest BCUT2D eigenvalue weighted by atomic mass is 10.2. The number of nitrogens with zero attached hydrogens (tertiary/aromatic N) is 1. The van der Waals surface area contributed by atoms with Crippen molar-refractivity contribution in [2.45, 2.75) is 27.3 Å². The number of hydrogen-bond donors (Lipinski definition) is 1. The Balaban J connectivity index is 2.64. The highest BCUT2D eigenvalue weighted by Gasteiger charge is 2.17. The summed E-state index contributed by atoms with van der Waals surface area (Å²) in [6, 6.07) is 1.43. The molecular formula is C14H22N2O4. The summed E-state index contributed by atoms with van der Waals surface area (Å²) >= 11 is 0. The van der Waals surface area contributed by atoms with Gasteiger partial charge in [-0.25, -0.2) is 9.59 Å². The van der Waals surface area contributed by atoms with Crippen molar-refractivity contribution >= 4 is 12.0 Å². The smallest absolute Gasteiger partial charge is 0.341 e. The molecule has 1 N–H and O–H groups in total. The number of ether oxygens (including phenoxy) is 1. The number of urea groups is 1. The Morgan fingerprint density at radius 1 is 1.45 bits per heavy atom. The van der Waals surface area contributed by atoms with Gasteiger partial charge in [-0.2, -0.15) is 0 Å². The van der Waals surface area contributed by atoms with Crippen molar-refractivity contribution in [2.75, 3.05) is 20.7 Å². The fraction of sp³-hybridized carbons (Fsp3) is 0.571. The number of aryl methyl sites for hydroxylation is 1. The number of carbonyl (C=O) groups is 2. The second-order valence-electron chi connectivity index (χ2n) is 5.11. The van der Waals surface area contributed by atoms with Gasteiger partial charge in [-0.15, -0.1) is 0 Å². The van der Waals surface area contributed by atoms with Crippen molar-refractivity contribution in [3.63, 3.8) is 0 Å². The van der Waals surface area contributed by atoms with Crippen LogP contribution < -0.4 is 5.32 Å². The molecule has 6 heteroatoms. The maximum absolute atomic E-state index is 11.8. The summed E-state index contributed by atoms with van der Waals surface area (Å²) in [5.74, 6) is 0.987. The van der Waals surface area contributed by atoms with Crippen LogP contribution in [0, 0.1) is 12.8 Å². The first-order valence-electron chi connectivity index (χ1n) is 6.51. The Bertz CT molecular complexity index is 480. The van der Waals surface area contributed by atoms with E-state index in [1.807, 2.05) is 13.8 Å². The van der Waals surface area contributed by atoms with E-state index in [9.17, 15) is 9.59 Å². The molecule has 1 aromatic rings. The molecule has 1 heterocycles. The van der Waals surface area contributed by atoms with Crippen LogP contribution in [0.4, 0.5) is 4.79 Å². The average molecular weight is 282 g/mol. The molecule has 0 aliphatic carbocycles. The molecule has 0 bridgehead atoms. The first kappa shape index (κ1) is 16.1. The normalized spacial score (nSPS) is 10.5. The highest BCUT2D eigenvalue weighted by atomic mass is 16.5. The fourth-order valence-electron chi connectivity index (χ4n) is 1.67. The average Bonchev–Trinajstić information content (AvgIpc) is 2.75. The highest BCUT2D eigenvalue weighted by molar-refractivity contribution is 5.90. The molecule has 1 aromatic heterocycles. The molecule has 112 valence electrons. The standard InChI is InChI=1S/C14H22N2O4/c1-9(2)7-15-14(18)16(4)8-11-6-12(10(3)20-11)13(17)19-5/h6,9H,7-8H2,1-5H3,(H,15,18). The number of furan rings is 1. The molecule has 0 atom stereocenters. The van der Waals surface area contributed by atoms with E-state index in [2.05, 4.69) is 10.1 Å². The van der Waals surface area contributed by atoms with Crippen LogP contribution in [0.3, 0.4) is 0 Å². The van der Waals surface area contributed by atoms with Gasteiger partial charge in [-0.1, -0.05) is 13.8 Å². The molecule has 0 unspecified atom stereocenters. The number of rotatable bonds is 5. The lowest BCUT2D eigenvalue weighted by molar-refractivity contribution is 0.0598. The molecule has 2 amide bonds. The molecule has 0 aliphatic rings. The Hall–Kier alpha value is -1.98. The van der Waals surface area contributed by atoms with Gasteiger partial charge in [0, 0.05) is 13.6 Å².